The van der Waals surface area contributed by atoms with E-state index in [-0.39, 0.29) is 0 Å². The standard InChI is InChI=1S/C25H18O2/c1-2-17-10-12-19(13-11-17)25-22-9-4-3-6-20(22)16-21-8-5-7-18(24(21)25)14-15-23(26)27/h2-16H,1H2,(H,26,27). The van der Waals surface area contributed by atoms with Gasteiger partial charge in [-0.2, -0.15) is 0 Å². The summed E-state index contributed by atoms with van der Waals surface area (Å²) in [6.07, 6.45) is 4.68. The Balaban J connectivity index is 2.13. The molecule has 0 saturated carbocycles. The van der Waals surface area contributed by atoms with Crippen LogP contribution in [0.1, 0.15) is 11.1 Å². The van der Waals surface area contributed by atoms with Gasteiger partial charge in [-0.05, 0) is 55.9 Å². The van der Waals surface area contributed by atoms with Crippen molar-refractivity contribution in [3.05, 3.63) is 96.6 Å². The lowest BCUT2D eigenvalue weighted by Gasteiger charge is -2.14. The largest absolute Gasteiger partial charge is 0.478 e. The van der Waals surface area contributed by atoms with Crippen LogP contribution in [0.3, 0.4) is 0 Å². The van der Waals surface area contributed by atoms with Crippen molar-refractivity contribution in [3.8, 4) is 11.1 Å². The first-order chi connectivity index (χ1) is 13.2. The van der Waals surface area contributed by atoms with Crippen LogP contribution in [0, 0.1) is 0 Å². The number of hydrogen-bond acceptors (Lipinski definition) is 1. The van der Waals surface area contributed by atoms with Gasteiger partial charge in [0, 0.05) is 6.08 Å². The molecule has 4 aromatic rings. The maximum Gasteiger partial charge on any atom is 0.328 e. The summed E-state index contributed by atoms with van der Waals surface area (Å²) in [6, 6.07) is 24.7. The van der Waals surface area contributed by atoms with E-state index in [2.05, 4.69) is 43.0 Å². The van der Waals surface area contributed by atoms with Crippen LogP contribution >= 0.6 is 0 Å². The molecule has 0 bridgehead atoms. The first-order valence-electron chi connectivity index (χ1n) is 8.76. The normalized spacial score (nSPS) is 11.3. The fourth-order valence-electron chi connectivity index (χ4n) is 3.54. The van der Waals surface area contributed by atoms with E-state index in [9.17, 15) is 4.79 Å². The highest BCUT2D eigenvalue weighted by Gasteiger charge is 2.12. The maximum absolute atomic E-state index is 11.1. The Kier molecular flexibility index (Phi) is 4.31. The first kappa shape index (κ1) is 16.8. The quantitative estimate of drug-likeness (QED) is 0.341. The van der Waals surface area contributed by atoms with Crippen molar-refractivity contribution in [1.82, 2.24) is 0 Å². The second-order valence-electron chi connectivity index (χ2n) is 6.42. The molecule has 0 aliphatic heterocycles. The van der Waals surface area contributed by atoms with E-state index in [1.54, 1.807) is 6.08 Å². The predicted molar refractivity (Wildman–Crippen MR) is 114 cm³/mol. The third-order valence-corrected chi connectivity index (χ3v) is 4.76. The molecular formula is C25H18O2. The molecule has 0 aromatic heterocycles. The molecule has 4 rings (SSSR count). The van der Waals surface area contributed by atoms with Crippen LogP contribution in [0.4, 0.5) is 0 Å². The molecular weight excluding hydrogens is 332 g/mol. The van der Waals surface area contributed by atoms with Gasteiger partial charge in [0.15, 0.2) is 0 Å². The van der Waals surface area contributed by atoms with Gasteiger partial charge in [0.25, 0.3) is 0 Å². The lowest BCUT2D eigenvalue weighted by molar-refractivity contribution is -0.131. The Morgan fingerprint density at radius 3 is 2.37 bits per heavy atom. The van der Waals surface area contributed by atoms with Crippen LogP contribution < -0.4 is 0 Å². The van der Waals surface area contributed by atoms with E-state index in [1.165, 1.54) is 6.08 Å². The molecule has 130 valence electrons. The zero-order valence-corrected chi connectivity index (χ0v) is 14.7. The fourth-order valence-corrected chi connectivity index (χ4v) is 3.54. The van der Waals surface area contributed by atoms with Crippen LogP contribution in [-0.2, 0) is 4.79 Å². The van der Waals surface area contributed by atoms with Gasteiger partial charge in [-0.25, -0.2) is 4.79 Å². The highest BCUT2D eigenvalue weighted by Crippen LogP contribution is 2.38. The van der Waals surface area contributed by atoms with Crippen LogP contribution in [-0.4, -0.2) is 11.1 Å². The van der Waals surface area contributed by atoms with Gasteiger partial charge in [0.2, 0.25) is 0 Å². The first-order valence-corrected chi connectivity index (χ1v) is 8.76. The van der Waals surface area contributed by atoms with Gasteiger partial charge in [-0.3, -0.25) is 0 Å². The lowest BCUT2D eigenvalue weighted by Crippen LogP contribution is -1.90. The summed E-state index contributed by atoms with van der Waals surface area (Å²) >= 11 is 0. The molecule has 0 aliphatic rings. The van der Waals surface area contributed by atoms with Crippen molar-refractivity contribution in [2.45, 2.75) is 0 Å². The van der Waals surface area contributed by atoms with Crippen LogP contribution in [0.5, 0.6) is 0 Å². The minimum Gasteiger partial charge on any atom is -0.478 e. The summed E-state index contributed by atoms with van der Waals surface area (Å²) in [6.45, 7) is 3.82. The summed E-state index contributed by atoms with van der Waals surface area (Å²) in [4.78, 5) is 11.1. The molecule has 0 unspecified atom stereocenters. The van der Waals surface area contributed by atoms with E-state index in [0.29, 0.717) is 0 Å². The van der Waals surface area contributed by atoms with Crippen molar-refractivity contribution < 1.29 is 9.90 Å². The predicted octanol–water partition coefficient (Wildman–Crippen LogP) is 6.40. The Bertz CT molecular complexity index is 1200. The SMILES string of the molecule is C=Cc1ccc(-c2c3ccccc3cc3cccc(C=CC(=O)O)c23)cc1. The Hall–Kier alpha value is -3.65. The Labute approximate surface area is 157 Å². The molecule has 0 spiro atoms. The molecule has 2 nitrogen and oxygen atoms in total. The van der Waals surface area contributed by atoms with Gasteiger partial charge < -0.3 is 5.11 Å². The van der Waals surface area contributed by atoms with Crippen molar-refractivity contribution >= 4 is 39.7 Å². The van der Waals surface area contributed by atoms with E-state index in [1.807, 2.05) is 42.5 Å². The molecule has 4 aromatic carbocycles. The minimum atomic E-state index is -0.954. The fraction of sp³-hybridized carbons (Fsp3) is 0. The van der Waals surface area contributed by atoms with Gasteiger partial charge in [-0.1, -0.05) is 79.4 Å². The smallest absolute Gasteiger partial charge is 0.328 e. The van der Waals surface area contributed by atoms with E-state index in [0.717, 1.165) is 43.8 Å². The van der Waals surface area contributed by atoms with E-state index in [4.69, 9.17) is 5.11 Å². The number of aliphatic carboxylic acids is 1. The number of carboxylic acids is 1. The Morgan fingerprint density at radius 2 is 1.63 bits per heavy atom. The van der Waals surface area contributed by atoms with Crippen LogP contribution in [0.2, 0.25) is 0 Å². The zero-order valence-electron chi connectivity index (χ0n) is 14.7. The molecule has 0 saturated heterocycles. The highest BCUT2D eigenvalue weighted by atomic mass is 16.4. The van der Waals surface area contributed by atoms with E-state index >= 15 is 0 Å². The summed E-state index contributed by atoms with van der Waals surface area (Å²) in [7, 11) is 0. The molecule has 0 heterocycles. The monoisotopic (exact) mass is 350 g/mol. The third-order valence-electron chi connectivity index (χ3n) is 4.76. The van der Waals surface area contributed by atoms with E-state index < -0.39 is 5.97 Å². The second-order valence-corrected chi connectivity index (χ2v) is 6.42. The number of carbonyl (C=O) groups is 1. The average Bonchev–Trinajstić information content (AvgIpc) is 2.70. The molecule has 0 radical (unpaired) electrons. The second kappa shape index (κ2) is 6.93. The van der Waals surface area contributed by atoms with Crippen LogP contribution in [0.15, 0.2) is 85.5 Å². The molecule has 0 atom stereocenters. The topological polar surface area (TPSA) is 37.3 Å². The van der Waals surface area contributed by atoms with Gasteiger partial charge in [0.05, 0.1) is 0 Å². The molecule has 1 N–H and O–H groups in total. The number of carboxylic acid groups (broad SMARTS) is 1. The van der Waals surface area contributed by atoms with Crippen molar-refractivity contribution in [1.29, 1.82) is 0 Å². The molecule has 0 fully saturated rings. The third kappa shape index (κ3) is 3.13. The molecule has 0 amide bonds. The number of hydrogen-bond donors (Lipinski definition) is 1. The highest BCUT2D eigenvalue weighted by molar-refractivity contribution is 6.15. The van der Waals surface area contributed by atoms with Gasteiger partial charge in [0.1, 0.15) is 0 Å². The lowest BCUT2D eigenvalue weighted by atomic mass is 9.89. The van der Waals surface area contributed by atoms with Crippen molar-refractivity contribution in [2.24, 2.45) is 0 Å². The van der Waals surface area contributed by atoms with Crippen LogP contribution in [0.25, 0.3) is 44.8 Å². The Morgan fingerprint density at radius 1 is 0.889 bits per heavy atom. The summed E-state index contributed by atoms with van der Waals surface area (Å²) in [5, 5.41) is 13.5. The average molecular weight is 350 g/mol. The molecule has 0 aliphatic carbocycles. The maximum atomic E-state index is 11.1. The van der Waals surface area contributed by atoms with Crippen molar-refractivity contribution in [2.75, 3.05) is 0 Å². The summed E-state index contributed by atoms with van der Waals surface area (Å²) in [5.74, 6) is -0.954. The summed E-state index contributed by atoms with van der Waals surface area (Å²) in [5.41, 5.74) is 4.17. The number of rotatable bonds is 4. The van der Waals surface area contributed by atoms with Gasteiger partial charge in [-0.15, -0.1) is 0 Å². The number of fused-ring (bicyclic) bond motifs is 2. The summed E-state index contributed by atoms with van der Waals surface area (Å²) < 4.78 is 0. The molecule has 27 heavy (non-hydrogen) atoms. The van der Waals surface area contributed by atoms with Crippen molar-refractivity contribution in [3.63, 3.8) is 0 Å². The molecule has 2 heteroatoms. The minimum absolute atomic E-state index is 0.892. The number of benzene rings is 4. The zero-order chi connectivity index (χ0) is 18.8. The van der Waals surface area contributed by atoms with Gasteiger partial charge >= 0.3 is 5.97 Å².